The van der Waals surface area contributed by atoms with Crippen molar-refractivity contribution in [1.82, 2.24) is 4.98 Å². The van der Waals surface area contributed by atoms with Gasteiger partial charge in [0.05, 0.1) is 17.1 Å². The van der Waals surface area contributed by atoms with Crippen molar-refractivity contribution in [3.8, 4) is 0 Å². The number of fused-ring (bicyclic) bond motifs is 1. The molecule has 0 bridgehead atoms. The topological polar surface area (TPSA) is 56.3 Å². The Morgan fingerprint density at radius 2 is 2.03 bits per heavy atom. The van der Waals surface area contributed by atoms with Gasteiger partial charge in [0.1, 0.15) is 6.61 Å². The van der Waals surface area contributed by atoms with Gasteiger partial charge in [0.2, 0.25) is 0 Å². The average molecular weight is 392 g/mol. The van der Waals surface area contributed by atoms with E-state index in [2.05, 4.69) is 26.0 Å². The van der Waals surface area contributed by atoms with Crippen LogP contribution in [-0.4, -0.2) is 23.3 Å². The summed E-state index contributed by atoms with van der Waals surface area (Å²) in [6.07, 6.45) is 3.99. The molecule has 0 radical (unpaired) electrons. The first-order chi connectivity index (χ1) is 13.8. The van der Waals surface area contributed by atoms with E-state index in [-0.39, 0.29) is 18.4 Å². The molecule has 3 rings (SSSR count). The standard InChI is InChI=1S/C25H29NO3/c1-6-15(2)11-20-13-19-9-7-8-10-23(19)26-24(20)16(3)12-21-17(4)25(28)29-14-22(21)18(5)27/h7-10,12-13,15,17H,6,11,14H2,1-5H3/b16-12+. The van der Waals surface area contributed by atoms with Crippen molar-refractivity contribution in [2.24, 2.45) is 11.8 Å². The molecule has 2 atom stereocenters. The van der Waals surface area contributed by atoms with Crippen molar-refractivity contribution in [2.75, 3.05) is 6.61 Å². The highest BCUT2D eigenvalue weighted by atomic mass is 16.5. The molecule has 0 N–H and O–H groups in total. The quantitative estimate of drug-likeness (QED) is 0.627. The van der Waals surface area contributed by atoms with Crippen molar-refractivity contribution in [1.29, 1.82) is 0 Å². The molecule has 4 nitrogen and oxygen atoms in total. The first-order valence-corrected chi connectivity index (χ1v) is 10.3. The highest BCUT2D eigenvalue weighted by Crippen LogP contribution is 2.30. The summed E-state index contributed by atoms with van der Waals surface area (Å²) in [5.74, 6) is -0.272. The van der Waals surface area contributed by atoms with Crippen molar-refractivity contribution < 1.29 is 14.3 Å². The predicted octanol–water partition coefficient (Wildman–Crippen LogP) is 5.31. The maximum atomic E-state index is 12.1. The molecular weight excluding hydrogens is 362 g/mol. The Bertz CT molecular complexity index is 1020. The highest BCUT2D eigenvalue weighted by molar-refractivity contribution is 5.98. The third kappa shape index (κ3) is 4.47. The maximum absolute atomic E-state index is 12.1. The lowest BCUT2D eigenvalue weighted by Gasteiger charge is -2.23. The zero-order valence-electron chi connectivity index (χ0n) is 17.9. The molecule has 2 heterocycles. The van der Waals surface area contributed by atoms with Crippen LogP contribution in [0.1, 0.15) is 52.3 Å². The summed E-state index contributed by atoms with van der Waals surface area (Å²) in [5.41, 5.74) is 5.36. The van der Waals surface area contributed by atoms with Crippen LogP contribution in [0.15, 0.2) is 47.6 Å². The number of cyclic esters (lactones) is 1. The van der Waals surface area contributed by atoms with E-state index in [1.54, 1.807) is 6.92 Å². The number of aromatic nitrogens is 1. The fourth-order valence-corrected chi connectivity index (χ4v) is 3.74. The predicted molar refractivity (Wildman–Crippen MR) is 116 cm³/mol. The van der Waals surface area contributed by atoms with Crippen LogP contribution in [0.5, 0.6) is 0 Å². The average Bonchev–Trinajstić information content (AvgIpc) is 2.70. The van der Waals surface area contributed by atoms with Crippen molar-refractivity contribution in [3.63, 3.8) is 0 Å². The SMILES string of the molecule is CCC(C)Cc1cc2ccccc2nc1/C(C)=C/C1=C(C(C)=O)COC(=O)C1C. The van der Waals surface area contributed by atoms with Crippen molar-refractivity contribution in [3.05, 3.63) is 58.8 Å². The second-order valence-corrected chi connectivity index (χ2v) is 8.05. The number of nitrogens with zero attached hydrogens (tertiary/aromatic N) is 1. The fraction of sp³-hybridized carbons (Fsp3) is 0.400. The van der Waals surface area contributed by atoms with Gasteiger partial charge in [0.15, 0.2) is 5.78 Å². The minimum absolute atomic E-state index is 0.0441. The number of esters is 1. The van der Waals surface area contributed by atoms with E-state index < -0.39 is 5.92 Å². The molecule has 0 amide bonds. The van der Waals surface area contributed by atoms with Crippen LogP contribution in [0, 0.1) is 11.8 Å². The number of pyridine rings is 1. The van der Waals surface area contributed by atoms with Gasteiger partial charge in [0, 0.05) is 11.0 Å². The lowest BCUT2D eigenvalue weighted by atomic mass is 9.88. The monoisotopic (exact) mass is 391 g/mol. The van der Waals surface area contributed by atoms with E-state index in [9.17, 15) is 9.59 Å². The Labute approximate surface area is 172 Å². The van der Waals surface area contributed by atoms with Gasteiger partial charge in [-0.05, 0) is 62.0 Å². The summed E-state index contributed by atoms with van der Waals surface area (Å²) in [6, 6.07) is 10.3. The second kappa shape index (κ2) is 8.73. The van der Waals surface area contributed by atoms with Crippen LogP contribution >= 0.6 is 0 Å². The summed E-state index contributed by atoms with van der Waals surface area (Å²) < 4.78 is 5.17. The Balaban J connectivity index is 2.15. The lowest BCUT2D eigenvalue weighted by Crippen LogP contribution is -2.27. The molecule has 0 aliphatic carbocycles. The number of rotatable bonds is 6. The summed E-state index contributed by atoms with van der Waals surface area (Å²) in [5, 5.41) is 1.13. The first-order valence-electron chi connectivity index (χ1n) is 10.3. The molecule has 2 unspecified atom stereocenters. The van der Waals surface area contributed by atoms with Crippen LogP contribution in [0.3, 0.4) is 0 Å². The third-order valence-electron chi connectivity index (χ3n) is 5.77. The Morgan fingerprint density at radius 1 is 1.31 bits per heavy atom. The minimum Gasteiger partial charge on any atom is -0.460 e. The highest BCUT2D eigenvalue weighted by Gasteiger charge is 2.29. The Hall–Kier alpha value is -2.75. The van der Waals surface area contributed by atoms with Gasteiger partial charge >= 0.3 is 5.97 Å². The Morgan fingerprint density at radius 3 is 2.72 bits per heavy atom. The van der Waals surface area contributed by atoms with Crippen LogP contribution in [-0.2, 0) is 20.7 Å². The second-order valence-electron chi connectivity index (χ2n) is 8.05. The molecule has 1 aliphatic rings. The third-order valence-corrected chi connectivity index (χ3v) is 5.77. The van der Waals surface area contributed by atoms with Crippen LogP contribution in [0.4, 0.5) is 0 Å². The molecule has 0 fully saturated rings. The zero-order valence-corrected chi connectivity index (χ0v) is 17.9. The molecule has 1 aromatic heterocycles. The van der Waals surface area contributed by atoms with Gasteiger partial charge in [-0.3, -0.25) is 9.59 Å². The number of carbonyl (C=O) groups excluding carboxylic acids is 2. The smallest absolute Gasteiger partial charge is 0.313 e. The lowest BCUT2D eigenvalue weighted by molar-refractivity contribution is -0.147. The molecule has 1 aromatic carbocycles. The number of ether oxygens (including phenoxy) is 1. The van der Waals surface area contributed by atoms with Gasteiger partial charge in [-0.25, -0.2) is 4.98 Å². The summed E-state index contributed by atoms with van der Waals surface area (Å²) in [6.45, 7) is 9.80. The number of allylic oxidation sites excluding steroid dienone is 2. The zero-order chi connectivity index (χ0) is 21.1. The summed E-state index contributed by atoms with van der Waals surface area (Å²) >= 11 is 0. The number of ketones is 1. The number of para-hydroxylation sites is 1. The molecule has 152 valence electrons. The maximum Gasteiger partial charge on any atom is 0.313 e. The number of hydrogen-bond acceptors (Lipinski definition) is 4. The molecule has 0 spiro atoms. The van der Waals surface area contributed by atoms with E-state index in [1.165, 1.54) is 12.5 Å². The summed E-state index contributed by atoms with van der Waals surface area (Å²) in [7, 11) is 0. The molecule has 0 saturated carbocycles. The first kappa shape index (κ1) is 21.0. The van der Waals surface area contributed by atoms with E-state index in [0.717, 1.165) is 40.6 Å². The van der Waals surface area contributed by atoms with Crippen LogP contribution in [0.2, 0.25) is 0 Å². The molecule has 0 saturated heterocycles. The van der Waals surface area contributed by atoms with Gasteiger partial charge in [-0.2, -0.15) is 0 Å². The number of hydrogen-bond donors (Lipinski definition) is 0. The van der Waals surface area contributed by atoms with E-state index in [0.29, 0.717) is 11.5 Å². The number of benzene rings is 1. The molecule has 29 heavy (non-hydrogen) atoms. The fourth-order valence-electron chi connectivity index (χ4n) is 3.74. The van der Waals surface area contributed by atoms with E-state index in [4.69, 9.17) is 9.72 Å². The number of Topliss-reactive ketones (excluding diaryl/α,β-unsaturated/α-hetero) is 1. The van der Waals surface area contributed by atoms with Gasteiger partial charge in [-0.1, -0.05) is 44.5 Å². The molecular formula is C25H29NO3. The summed E-state index contributed by atoms with van der Waals surface area (Å²) in [4.78, 5) is 29.2. The van der Waals surface area contributed by atoms with Crippen molar-refractivity contribution >= 4 is 28.2 Å². The van der Waals surface area contributed by atoms with Crippen molar-refractivity contribution in [2.45, 2.75) is 47.5 Å². The van der Waals surface area contributed by atoms with E-state index >= 15 is 0 Å². The van der Waals surface area contributed by atoms with E-state index in [1.807, 2.05) is 31.2 Å². The minimum atomic E-state index is -0.462. The molecule has 4 heteroatoms. The van der Waals surface area contributed by atoms with Gasteiger partial charge in [0.25, 0.3) is 0 Å². The van der Waals surface area contributed by atoms with Crippen LogP contribution < -0.4 is 0 Å². The molecule has 1 aliphatic heterocycles. The van der Waals surface area contributed by atoms with Gasteiger partial charge < -0.3 is 4.74 Å². The van der Waals surface area contributed by atoms with Gasteiger partial charge in [-0.15, -0.1) is 0 Å². The molecule has 2 aromatic rings. The normalized spacial score (nSPS) is 18.7. The van der Waals surface area contributed by atoms with Crippen LogP contribution in [0.25, 0.3) is 16.5 Å². The largest absolute Gasteiger partial charge is 0.460 e. The number of carbonyl (C=O) groups is 2. The Kier molecular flexibility index (Phi) is 6.31.